The van der Waals surface area contributed by atoms with Crippen LogP contribution in [-0.4, -0.2) is 24.7 Å². The van der Waals surface area contributed by atoms with Crippen molar-refractivity contribution in [2.75, 3.05) is 0 Å². The van der Waals surface area contributed by atoms with Gasteiger partial charge in [-0.2, -0.15) is 5.10 Å². The number of sulfonamides is 1. The topological polar surface area (TPSA) is 74.8 Å². The lowest BCUT2D eigenvalue weighted by Crippen LogP contribution is -2.32. The Labute approximate surface area is 77.6 Å². The molecule has 0 saturated heterocycles. The van der Waals surface area contributed by atoms with E-state index in [4.69, 9.17) is 0 Å². The van der Waals surface area contributed by atoms with Crippen molar-refractivity contribution in [2.24, 2.45) is 0 Å². The van der Waals surface area contributed by atoms with Crippen LogP contribution >= 0.6 is 0 Å². The van der Waals surface area contributed by atoms with Gasteiger partial charge in [0.05, 0.1) is 6.20 Å². The van der Waals surface area contributed by atoms with Crippen LogP contribution in [-0.2, 0) is 10.0 Å². The van der Waals surface area contributed by atoms with E-state index in [0.717, 1.165) is 6.42 Å². The van der Waals surface area contributed by atoms with Crippen molar-refractivity contribution in [3.05, 3.63) is 12.3 Å². The number of aromatic amines is 1. The van der Waals surface area contributed by atoms with Crippen molar-refractivity contribution in [1.82, 2.24) is 14.9 Å². The third-order valence-electron chi connectivity index (χ3n) is 1.73. The van der Waals surface area contributed by atoms with Gasteiger partial charge in [-0.1, -0.05) is 6.92 Å². The molecule has 1 unspecified atom stereocenters. The largest absolute Gasteiger partial charge is 0.266 e. The Morgan fingerprint density at radius 1 is 1.69 bits per heavy atom. The normalized spacial score (nSPS) is 14.3. The molecule has 5 nitrogen and oxygen atoms in total. The molecule has 6 heteroatoms. The molecule has 0 amide bonds. The Morgan fingerprint density at radius 2 is 2.38 bits per heavy atom. The fourth-order valence-electron chi connectivity index (χ4n) is 0.804. The SMILES string of the molecule is CCC(C)NS(=O)(=O)c1ccn[nH]1. The third kappa shape index (κ3) is 2.53. The molecule has 1 aromatic rings. The van der Waals surface area contributed by atoms with Crippen molar-refractivity contribution in [1.29, 1.82) is 0 Å². The fraction of sp³-hybridized carbons (Fsp3) is 0.571. The van der Waals surface area contributed by atoms with Crippen molar-refractivity contribution in [3.63, 3.8) is 0 Å². The second-order valence-corrected chi connectivity index (χ2v) is 4.53. The molecule has 1 aromatic heterocycles. The summed E-state index contributed by atoms with van der Waals surface area (Å²) >= 11 is 0. The zero-order valence-corrected chi connectivity index (χ0v) is 8.43. The van der Waals surface area contributed by atoms with Gasteiger partial charge in [0.2, 0.25) is 0 Å². The standard InChI is InChI=1S/C7H13N3O2S/c1-3-6(2)10-13(11,12)7-4-5-8-9-7/h4-6,10H,3H2,1-2H3,(H,8,9). The number of rotatable bonds is 4. The molecule has 74 valence electrons. The maximum absolute atomic E-state index is 11.5. The molecule has 0 spiro atoms. The molecular weight excluding hydrogens is 190 g/mol. The van der Waals surface area contributed by atoms with Gasteiger partial charge >= 0.3 is 0 Å². The van der Waals surface area contributed by atoms with Gasteiger partial charge in [0, 0.05) is 6.04 Å². The van der Waals surface area contributed by atoms with Gasteiger partial charge in [-0.25, -0.2) is 13.1 Å². The first-order valence-corrected chi connectivity index (χ1v) is 5.56. The summed E-state index contributed by atoms with van der Waals surface area (Å²) in [5, 5.41) is 6.09. The Morgan fingerprint density at radius 3 is 2.85 bits per heavy atom. The average Bonchev–Trinajstić information content (AvgIpc) is 2.55. The number of hydrogen-bond acceptors (Lipinski definition) is 3. The highest BCUT2D eigenvalue weighted by Crippen LogP contribution is 2.04. The molecule has 1 rings (SSSR count). The Hall–Kier alpha value is -0.880. The van der Waals surface area contributed by atoms with Crippen molar-refractivity contribution >= 4 is 10.0 Å². The fourth-order valence-corrected chi connectivity index (χ4v) is 2.04. The van der Waals surface area contributed by atoms with Gasteiger partial charge in [0.15, 0.2) is 5.03 Å². The van der Waals surface area contributed by atoms with Crippen LogP contribution in [0.25, 0.3) is 0 Å². The summed E-state index contributed by atoms with van der Waals surface area (Å²) in [5.41, 5.74) is 0. The minimum atomic E-state index is -3.40. The second-order valence-electron chi connectivity index (χ2n) is 2.85. The van der Waals surface area contributed by atoms with Crippen LogP contribution in [0.4, 0.5) is 0 Å². The highest BCUT2D eigenvalue weighted by molar-refractivity contribution is 7.89. The van der Waals surface area contributed by atoms with E-state index in [9.17, 15) is 8.42 Å². The lowest BCUT2D eigenvalue weighted by Gasteiger charge is -2.09. The lowest BCUT2D eigenvalue weighted by molar-refractivity contribution is 0.552. The molecule has 2 N–H and O–H groups in total. The number of H-pyrrole nitrogens is 1. The van der Waals surface area contributed by atoms with E-state index in [1.807, 2.05) is 13.8 Å². The Balaban J connectivity index is 2.79. The minimum absolute atomic E-state index is 0.0618. The van der Waals surface area contributed by atoms with E-state index < -0.39 is 10.0 Å². The monoisotopic (exact) mass is 203 g/mol. The van der Waals surface area contributed by atoms with E-state index >= 15 is 0 Å². The van der Waals surface area contributed by atoms with E-state index in [0.29, 0.717) is 0 Å². The Bertz CT molecular complexity index is 344. The van der Waals surface area contributed by atoms with Crippen molar-refractivity contribution in [3.8, 4) is 0 Å². The first-order chi connectivity index (χ1) is 6.06. The predicted molar refractivity (Wildman–Crippen MR) is 48.7 cm³/mol. The molecule has 13 heavy (non-hydrogen) atoms. The molecule has 1 atom stereocenters. The minimum Gasteiger partial charge on any atom is -0.266 e. The van der Waals surface area contributed by atoms with Gasteiger partial charge in [-0.05, 0) is 19.4 Å². The maximum Gasteiger partial charge on any atom is 0.257 e. The first-order valence-electron chi connectivity index (χ1n) is 4.08. The molecule has 0 bridgehead atoms. The van der Waals surface area contributed by atoms with Gasteiger partial charge in [-0.3, -0.25) is 5.10 Å². The van der Waals surface area contributed by atoms with Crippen LogP contribution in [0.3, 0.4) is 0 Å². The van der Waals surface area contributed by atoms with Gasteiger partial charge < -0.3 is 0 Å². The summed E-state index contributed by atoms with van der Waals surface area (Å²) in [6, 6.07) is 1.36. The molecule has 1 heterocycles. The third-order valence-corrected chi connectivity index (χ3v) is 3.25. The average molecular weight is 203 g/mol. The summed E-state index contributed by atoms with van der Waals surface area (Å²) in [6.07, 6.45) is 2.17. The number of aromatic nitrogens is 2. The van der Waals surface area contributed by atoms with Gasteiger partial charge in [-0.15, -0.1) is 0 Å². The zero-order valence-electron chi connectivity index (χ0n) is 7.61. The number of nitrogens with zero attached hydrogens (tertiary/aromatic N) is 1. The molecule has 0 aliphatic heterocycles. The van der Waals surface area contributed by atoms with E-state index in [1.54, 1.807) is 0 Å². The molecule has 0 aromatic carbocycles. The molecule has 0 aliphatic carbocycles. The Kier molecular flexibility index (Phi) is 3.05. The predicted octanol–water partition coefficient (Wildman–Crippen LogP) is 0.486. The van der Waals surface area contributed by atoms with Crippen LogP contribution in [0, 0.1) is 0 Å². The summed E-state index contributed by atoms with van der Waals surface area (Å²) < 4.78 is 25.5. The molecular formula is C7H13N3O2S. The van der Waals surface area contributed by atoms with E-state index in [1.165, 1.54) is 12.3 Å². The second kappa shape index (κ2) is 3.89. The smallest absolute Gasteiger partial charge is 0.257 e. The highest BCUT2D eigenvalue weighted by atomic mass is 32.2. The summed E-state index contributed by atoms with van der Waals surface area (Å²) in [6.45, 7) is 3.73. The number of hydrogen-bond donors (Lipinski definition) is 2. The van der Waals surface area contributed by atoms with Crippen LogP contribution < -0.4 is 4.72 Å². The van der Waals surface area contributed by atoms with E-state index in [2.05, 4.69) is 14.9 Å². The highest BCUT2D eigenvalue weighted by Gasteiger charge is 2.16. The van der Waals surface area contributed by atoms with Crippen LogP contribution in [0.1, 0.15) is 20.3 Å². The van der Waals surface area contributed by atoms with Crippen LogP contribution in [0.5, 0.6) is 0 Å². The maximum atomic E-state index is 11.5. The lowest BCUT2D eigenvalue weighted by atomic mass is 10.3. The van der Waals surface area contributed by atoms with E-state index in [-0.39, 0.29) is 11.1 Å². The van der Waals surface area contributed by atoms with Gasteiger partial charge in [0.1, 0.15) is 0 Å². The van der Waals surface area contributed by atoms with Crippen molar-refractivity contribution < 1.29 is 8.42 Å². The molecule has 0 saturated carbocycles. The van der Waals surface area contributed by atoms with Crippen molar-refractivity contribution in [2.45, 2.75) is 31.3 Å². The summed E-state index contributed by atoms with van der Waals surface area (Å²) in [5.74, 6) is 0. The quantitative estimate of drug-likeness (QED) is 0.747. The first kappa shape index (κ1) is 10.2. The van der Waals surface area contributed by atoms with Crippen LogP contribution in [0.15, 0.2) is 17.3 Å². The van der Waals surface area contributed by atoms with Crippen LogP contribution in [0.2, 0.25) is 0 Å². The molecule has 0 aliphatic rings. The molecule has 0 fully saturated rings. The molecule has 0 radical (unpaired) electrons. The summed E-state index contributed by atoms with van der Waals surface area (Å²) in [4.78, 5) is 0. The van der Waals surface area contributed by atoms with Gasteiger partial charge in [0.25, 0.3) is 10.0 Å². The number of nitrogens with one attached hydrogen (secondary N) is 2. The zero-order chi connectivity index (χ0) is 9.90. The summed E-state index contributed by atoms with van der Waals surface area (Å²) in [7, 11) is -3.40.